The first kappa shape index (κ1) is 17.3. The molecule has 3 unspecified atom stereocenters. The topological polar surface area (TPSA) is 55.4 Å². The van der Waals surface area contributed by atoms with Crippen LogP contribution in [0.2, 0.25) is 5.02 Å². The smallest absolute Gasteiger partial charge is 0.258 e. The van der Waals surface area contributed by atoms with E-state index in [-0.39, 0.29) is 30.3 Å². The second-order valence-electron chi connectivity index (χ2n) is 7.09. The molecule has 5 heteroatoms. The molecule has 0 aliphatic heterocycles. The molecule has 0 radical (unpaired) electrons. The molecule has 3 rings (SSSR count). The fraction of sp³-hybridized carbons (Fsp3) is 0.579. The zero-order valence-electron chi connectivity index (χ0n) is 14.2. The third kappa shape index (κ3) is 3.44. The van der Waals surface area contributed by atoms with Gasteiger partial charge in [-0.05, 0) is 42.4 Å². The van der Waals surface area contributed by atoms with Crippen molar-refractivity contribution >= 4 is 23.3 Å². The number of hydrogen-bond acceptors (Lipinski definition) is 3. The SMILES string of the molecule is CC1CC(=O)c2c(OCC(=O)NC3CCCCC3C)ccc(Cl)c21. The van der Waals surface area contributed by atoms with Crippen LogP contribution in [-0.4, -0.2) is 24.3 Å². The molecule has 1 aromatic carbocycles. The van der Waals surface area contributed by atoms with Gasteiger partial charge in [-0.15, -0.1) is 0 Å². The molecule has 0 aromatic heterocycles. The Hall–Kier alpha value is -1.55. The molecule has 24 heavy (non-hydrogen) atoms. The lowest BCUT2D eigenvalue weighted by atomic mass is 9.86. The van der Waals surface area contributed by atoms with E-state index in [1.165, 1.54) is 6.42 Å². The minimum atomic E-state index is -0.129. The molecule has 1 N–H and O–H groups in total. The summed E-state index contributed by atoms with van der Waals surface area (Å²) in [4.78, 5) is 24.4. The summed E-state index contributed by atoms with van der Waals surface area (Å²) in [6.45, 7) is 4.09. The van der Waals surface area contributed by atoms with Gasteiger partial charge in [0.05, 0.1) is 5.56 Å². The maximum absolute atomic E-state index is 12.2. The molecule has 0 heterocycles. The van der Waals surface area contributed by atoms with Gasteiger partial charge in [0.1, 0.15) is 5.75 Å². The lowest BCUT2D eigenvalue weighted by Gasteiger charge is -2.29. The number of nitrogens with one attached hydrogen (secondary N) is 1. The van der Waals surface area contributed by atoms with E-state index in [0.29, 0.717) is 28.7 Å². The highest BCUT2D eigenvalue weighted by Crippen LogP contribution is 2.42. The van der Waals surface area contributed by atoms with Gasteiger partial charge in [0.2, 0.25) is 0 Å². The molecule has 4 nitrogen and oxygen atoms in total. The highest BCUT2D eigenvalue weighted by atomic mass is 35.5. The second-order valence-corrected chi connectivity index (χ2v) is 7.49. The van der Waals surface area contributed by atoms with E-state index in [4.69, 9.17) is 16.3 Å². The average Bonchev–Trinajstić information content (AvgIpc) is 2.85. The molecular weight excluding hydrogens is 326 g/mol. The van der Waals surface area contributed by atoms with Crippen molar-refractivity contribution in [2.24, 2.45) is 5.92 Å². The van der Waals surface area contributed by atoms with Crippen LogP contribution >= 0.6 is 11.6 Å². The van der Waals surface area contributed by atoms with Crippen LogP contribution in [0.15, 0.2) is 12.1 Å². The number of carbonyl (C=O) groups excluding carboxylic acids is 2. The van der Waals surface area contributed by atoms with Crippen LogP contribution in [0.5, 0.6) is 5.75 Å². The zero-order chi connectivity index (χ0) is 17.3. The Morgan fingerprint density at radius 3 is 2.79 bits per heavy atom. The number of Topliss-reactive ketones (excluding diaryl/α,β-unsaturated/α-hetero) is 1. The molecule has 3 atom stereocenters. The first-order valence-electron chi connectivity index (χ1n) is 8.75. The van der Waals surface area contributed by atoms with Crippen LogP contribution in [0, 0.1) is 5.92 Å². The normalized spacial score (nSPS) is 26.1. The number of fused-ring (bicyclic) bond motifs is 1. The van der Waals surface area contributed by atoms with Crippen molar-refractivity contribution in [1.29, 1.82) is 0 Å². The van der Waals surface area contributed by atoms with E-state index in [1.807, 2.05) is 6.92 Å². The van der Waals surface area contributed by atoms with Crippen LogP contribution in [0.25, 0.3) is 0 Å². The molecule has 1 aromatic rings. The lowest BCUT2D eigenvalue weighted by molar-refractivity contribution is -0.124. The summed E-state index contributed by atoms with van der Waals surface area (Å²) in [5, 5.41) is 3.66. The van der Waals surface area contributed by atoms with E-state index in [0.717, 1.165) is 24.8 Å². The number of benzene rings is 1. The van der Waals surface area contributed by atoms with Gasteiger partial charge in [-0.1, -0.05) is 38.3 Å². The molecule has 2 aliphatic rings. The summed E-state index contributed by atoms with van der Waals surface area (Å²) in [7, 11) is 0. The zero-order valence-corrected chi connectivity index (χ0v) is 15.0. The number of ether oxygens (including phenoxy) is 1. The Bertz CT molecular complexity index is 658. The van der Waals surface area contributed by atoms with Crippen LogP contribution in [0.4, 0.5) is 0 Å². The summed E-state index contributed by atoms with van der Waals surface area (Å²) in [5.41, 5.74) is 1.40. The number of hydrogen-bond donors (Lipinski definition) is 1. The summed E-state index contributed by atoms with van der Waals surface area (Å²) < 4.78 is 5.67. The third-order valence-electron chi connectivity index (χ3n) is 5.23. The van der Waals surface area contributed by atoms with E-state index in [9.17, 15) is 9.59 Å². The predicted octanol–water partition coefficient (Wildman–Crippen LogP) is 4.10. The van der Waals surface area contributed by atoms with Crippen LogP contribution < -0.4 is 10.1 Å². The predicted molar refractivity (Wildman–Crippen MR) is 93.9 cm³/mol. The lowest BCUT2D eigenvalue weighted by Crippen LogP contribution is -2.43. The number of rotatable bonds is 4. The van der Waals surface area contributed by atoms with Crippen molar-refractivity contribution in [3.8, 4) is 5.75 Å². The number of carbonyl (C=O) groups is 2. The van der Waals surface area contributed by atoms with Gasteiger partial charge in [0.15, 0.2) is 12.4 Å². The van der Waals surface area contributed by atoms with Gasteiger partial charge >= 0.3 is 0 Å². The van der Waals surface area contributed by atoms with Crippen molar-refractivity contribution in [1.82, 2.24) is 5.32 Å². The van der Waals surface area contributed by atoms with Gasteiger partial charge in [0.25, 0.3) is 5.91 Å². The summed E-state index contributed by atoms with van der Waals surface area (Å²) in [6, 6.07) is 3.66. The Morgan fingerprint density at radius 2 is 2.04 bits per heavy atom. The third-order valence-corrected chi connectivity index (χ3v) is 5.56. The number of halogens is 1. The monoisotopic (exact) mass is 349 g/mol. The van der Waals surface area contributed by atoms with E-state index in [2.05, 4.69) is 12.2 Å². The molecule has 130 valence electrons. The average molecular weight is 350 g/mol. The Balaban J connectivity index is 1.65. The fourth-order valence-corrected chi connectivity index (χ4v) is 4.21. The Kier molecular flexibility index (Phi) is 5.14. The van der Waals surface area contributed by atoms with Crippen LogP contribution in [0.1, 0.15) is 67.8 Å². The number of ketones is 1. The number of amides is 1. The minimum absolute atomic E-state index is 0.0383. The van der Waals surface area contributed by atoms with Crippen molar-refractivity contribution in [2.75, 3.05) is 6.61 Å². The van der Waals surface area contributed by atoms with Crippen molar-refractivity contribution in [2.45, 2.75) is 57.9 Å². The standard InChI is InChI=1S/C19H24ClNO3/c1-11-5-3-4-6-14(11)21-17(23)10-24-16-8-7-13(20)18-12(2)9-15(22)19(16)18/h7-8,11-12,14H,3-6,9-10H2,1-2H3,(H,21,23). The van der Waals surface area contributed by atoms with Crippen molar-refractivity contribution in [3.63, 3.8) is 0 Å². The van der Waals surface area contributed by atoms with Gasteiger partial charge in [0, 0.05) is 17.5 Å². The van der Waals surface area contributed by atoms with Gasteiger partial charge in [-0.25, -0.2) is 0 Å². The molecule has 1 saturated carbocycles. The fourth-order valence-electron chi connectivity index (χ4n) is 3.87. The van der Waals surface area contributed by atoms with Gasteiger partial charge in [-0.2, -0.15) is 0 Å². The molecule has 1 fully saturated rings. The van der Waals surface area contributed by atoms with Gasteiger partial charge in [-0.3, -0.25) is 9.59 Å². The first-order valence-corrected chi connectivity index (χ1v) is 9.13. The Labute approximate surface area is 147 Å². The minimum Gasteiger partial charge on any atom is -0.483 e. The largest absolute Gasteiger partial charge is 0.483 e. The summed E-state index contributed by atoms with van der Waals surface area (Å²) in [6.07, 6.45) is 5.03. The molecule has 0 saturated heterocycles. The van der Waals surface area contributed by atoms with E-state index < -0.39 is 0 Å². The highest BCUT2D eigenvalue weighted by Gasteiger charge is 2.32. The van der Waals surface area contributed by atoms with E-state index >= 15 is 0 Å². The molecule has 2 aliphatic carbocycles. The molecule has 0 spiro atoms. The molecular formula is C19H24ClNO3. The maximum atomic E-state index is 12.2. The Morgan fingerprint density at radius 1 is 1.29 bits per heavy atom. The quantitative estimate of drug-likeness (QED) is 0.890. The van der Waals surface area contributed by atoms with Crippen molar-refractivity contribution in [3.05, 3.63) is 28.3 Å². The summed E-state index contributed by atoms with van der Waals surface area (Å²) >= 11 is 6.22. The van der Waals surface area contributed by atoms with Crippen LogP contribution in [0.3, 0.4) is 0 Å². The maximum Gasteiger partial charge on any atom is 0.258 e. The highest BCUT2D eigenvalue weighted by molar-refractivity contribution is 6.32. The van der Waals surface area contributed by atoms with Crippen molar-refractivity contribution < 1.29 is 14.3 Å². The molecule has 1 amide bonds. The summed E-state index contributed by atoms with van der Waals surface area (Å²) in [5.74, 6) is 0.980. The van der Waals surface area contributed by atoms with Crippen LogP contribution in [-0.2, 0) is 4.79 Å². The van der Waals surface area contributed by atoms with E-state index in [1.54, 1.807) is 12.1 Å². The first-order chi connectivity index (χ1) is 11.5. The molecule has 0 bridgehead atoms. The second kappa shape index (κ2) is 7.14. The van der Waals surface area contributed by atoms with Gasteiger partial charge < -0.3 is 10.1 Å².